The molecular formula is C21H26F3IN2O5. The van der Waals surface area contributed by atoms with Gasteiger partial charge in [-0.3, -0.25) is 9.59 Å². The van der Waals surface area contributed by atoms with Crippen molar-refractivity contribution in [1.29, 1.82) is 0 Å². The average Bonchev–Trinajstić information content (AvgIpc) is 2.73. The Kier molecular flexibility index (Phi) is 9.77. The minimum absolute atomic E-state index is 0.0491. The number of hydrogen-bond acceptors (Lipinski definition) is 5. The maximum atomic E-state index is 13.3. The highest BCUT2D eigenvalue weighted by Crippen LogP contribution is 2.31. The van der Waals surface area contributed by atoms with E-state index >= 15 is 0 Å². The van der Waals surface area contributed by atoms with Crippen molar-refractivity contribution in [3.63, 3.8) is 0 Å². The van der Waals surface area contributed by atoms with Crippen molar-refractivity contribution in [3.05, 3.63) is 39.5 Å². The van der Waals surface area contributed by atoms with Gasteiger partial charge in [0, 0.05) is 25.0 Å². The zero-order valence-corrected chi connectivity index (χ0v) is 19.6. The number of aliphatic hydroxyl groups excluding tert-OH is 2. The van der Waals surface area contributed by atoms with E-state index in [0.717, 1.165) is 0 Å². The third-order valence-electron chi connectivity index (χ3n) is 4.85. The lowest BCUT2D eigenvalue weighted by Crippen LogP contribution is -2.57. The molecule has 1 aromatic carbocycles. The molecule has 11 heteroatoms. The maximum absolute atomic E-state index is 13.3. The van der Waals surface area contributed by atoms with Crippen LogP contribution in [0.15, 0.2) is 35.9 Å². The van der Waals surface area contributed by atoms with E-state index in [9.17, 15) is 27.9 Å². The second-order valence-corrected chi connectivity index (χ2v) is 8.50. The smallest absolute Gasteiger partial charge is 0.406 e. The molecule has 0 spiro atoms. The summed E-state index contributed by atoms with van der Waals surface area (Å²) in [5.41, 5.74) is 0.0705. The number of alkyl halides is 3. The first kappa shape index (κ1) is 26.4. The standard InChI is InChI=1S/C21H26F3IN2O5/c1-2-5-18(29)27(12-21(22,23)24)15-10-13(20(31)26-8-9-28)11-17(19(15)30)32-16-7-4-3-6-14(16)25/h3-4,6-7,11,15,17,19,28,30H,2,5,8-10,12H2,1H3,(H,26,31). The van der Waals surface area contributed by atoms with Crippen molar-refractivity contribution < 1.29 is 37.7 Å². The van der Waals surface area contributed by atoms with Crippen LogP contribution in [0.3, 0.4) is 0 Å². The van der Waals surface area contributed by atoms with E-state index in [1.807, 2.05) is 22.6 Å². The van der Waals surface area contributed by atoms with Gasteiger partial charge in [-0.1, -0.05) is 19.1 Å². The first-order valence-corrected chi connectivity index (χ1v) is 11.2. The second-order valence-electron chi connectivity index (χ2n) is 7.33. The van der Waals surface area contributed by atoms with Gasteiger partial charge in [-0.2, -0.15) is 13.2 Å². The van der Waals surface area contributed by atoms with Crippen LogP contribution in [0.5, 0.6) is 5.75 Å². The number of amides is 2. The predicted octanol–water partition coefficient (Wildman–Crippen LogP) is 2.40. The zero-order valence-electron chi connectivity index (χ0n) is 17.4. The van der Waals surface area contributed by atoms with Crippen LogP contribution in [0.25, 0.3) is 0 Å². The van der Waals surface area contributed by atoms with E-state index in [-0.39, 0.29) is 31.6 Å². The molecule has 0 saturated heterocycles. The van der Waals surface area contributed by atoms with Crippen molar-refractivity contribution >= 4 is 34.4 Å². The Morgan fingerprint density at radius 3 is 2.59 bits per heavy atom. The Morgan fingerprint density at radius 1 is 1.31 bits per heavy atom. The maximum Gasteiger partial charge on any atom is 0.406 e. The van der Waals surface area contributed by atoms with Gasteiger partial charge in [-0.15, -0.1) is 0 Å². The van der Waals surface area contributed by atoms with Gasteiger partial charge in [0.15, 0.2) is 0 Å². The Morgan fingerprint density at radius 2 is 2.00 bits per heavy atom. The van der Waals surface area contributed by atoms with Crippen LogP contribution in [0.2, 0.25) is 0 Å². The molecule has 1 aliphatic carbocycles. The zero-order chi connectivity index (χ0) is 23.9. The van der Waals surface area contributed by atoms with Gasteiger partial charge in [0.1, 0.15) is 24.5 Å². The number of halogens is 4. The van der Waals surface area contributed by atoms with Crippen LogP contribution in [0, 0.1) is 3.57 Å². The largest absolute Gasteiger partial charge is 0.482 e. The number of nitrogens with one attached hydrogen (secondary N) is 1. The fraction of sp³-hybridized carbons (Fsp3) is 0.524. The number of aliphatic hydroxyl groups is 2. The van der Waals surface area contributed by atoms with E-state index in [1.165, 1.54) is 6.08 Å². The van der Waals surface area contributed by atoms with Gasteiger partial charge in [-0.05, 0) is 47.2 Å². The molecule has 3 N–H and O–H groups in total. The van der Waals surface area contributed by atoms with E-state index in [1.54, 1.807) is 31.2 Å². The Balaban J connectivity index is 2.42. The summed E-state index contributed by atoms with van der Waals surface area (Å²) in [6.45, 7) is -0.249. The summed E-state index contributed by atoms with van der Waals surface area (Å²) in [4.78, 5) is 25.7. The third kappa shape index (κ3) is 7.34. The van der Waals surface area contributed by atoms with Crippen molar-refractivity contribution in [2.75, 3.05) is 19.7 Å². The first-order valence-electron chi connectivity index (χ1n) is 10.1. The predicted molar refractivity (Wildman–Crippen MR) is 119 cm³/mol. The van der Waals surface area contributed by atoms with Crippen LogP contribution in [-0.4, -0.2) is 71.0 Å². The molecule has 0 heterocycles. The van der Waals surface area contributed by atoms with Crippen molar-refractivity contribution in [2.24, 2.45) is 0 Å². The molecule has 3 atom stereocenters. The summed E-state index contributed by atoms with van der Waals surface area (Å²) in [6.07, 6.45) is -6.07. The van der Waals surface area contributed by atoms with Crippen LogP contribution < -0.4 is 10.1 Å². The molecule has 0 saturated carbocycles. The van der Waals surface area contributed by atoms with Gasteiger partial charge in [-0.25, -0.2) is 0 Å². The highest BCUT2D eigenvalue weighted by atomic mass is 127. The summed E-state index contributed by atoms with van der Waals surface area (Å²) >= 11 is 2.01. The summed E-state index contributed by atoms with van der Waals surface area (Å²) in [5, 5.41) is 22.3. The van der Waals surface area contributed by atoms with Crippen LogP contribution in [0.4, 0.5) is 13.2 Å². The van der Waals surface area contributed by atoms with Crippen molar-refractivity contribution in [2.45, 2.75) is 50.6 Å². The number of rotatable bonds is 9. The number of ether oxygens (including phenoxy) is 1. The van der Waals surface area contributed by atoms with E-state index < -0.39 is 42.8 Å². The Bertz CT molecular complexity index is 834. The SMILES string of the molecule is CCCC(=O)N(CC(F)(F)F)C1CC(C(=O)NCCO)=CC(Oc2ccccc2I)C1O. The fourth-order valence-corrected chi connectivity index (χ4v) is 3.92. The molecule has 1 aromatic rings. The summed E-state index contributed by atoms with van der Waals surface area (Å²) in [7, 11) is 0. The van der Waals surface area contributed by atoms with E-state index in [4.69, 9.17) is 9.84 Å². The lowest BCUT2D eigenvalue weighted by Gasteiger charge is -2.40. The average molecular weight is 570 g/mol. The Hall–Kier alpha value is -1.86. The van der Waals surface area contributed by atoms with Gasteiger partial charge in [0.25, 0.3) is 0 Å². The molecule has 7 nitrogen and oxygen atoms in total. The van der Waals surface area contributed by atoms with Crippen LogP contribution in [-0.2, 0) is 9.59 Å². The molecule has 2 amide bonds. The van der Waals surface area contributed by atoms with Crippen molar-refractivity contribution in [3.8, 4) is 5.75 Å². The molecule has 0 aliphatic heterocycles. The second kappa shape index (κ2) is 11.8. The van der Waals surface area contributed by atoms with Crippen LogP contribution >= 0.6 is 22.6 Å². The molecule has 178 valence electrons. The number of para-hydroxylation sites is 1. The first-order chi connectivity index (χ1) is 15.1. The molecule has 32 heavy (non-hydrogen) atoms. The van der Waals surface area contributed by atoms with Gasteiger partial charge in [0.2, 0.25) is 11.8 Å². The minimum atomic E-state index is -4.69. The van der Waals surface area contributed by atoms with Gasteiger partial charge in [0.05, 0.1) is 16.2 Å². The number of carbonyl (C=O) groups excluding carboxylic acids is 2. The summed E-state index contributed by atoms with van der Waals surface area (Å²) < 4.78 is 46.4. The number of benzene rings is 1. The molecule has 0 fully saturated rings. The molecule has 3 unspecified atom stereocenters. The molecule has 0 radical (unpaired) electrons. The lowest BCUT2D eigenvalue weighted by atomic mass is 9.88. The summed E-state index contributed by atoms with van der Waals surface area (Å²) in [5.74, 6) is -0.993. The quantitative estimate of drug-likeness (QED) is 0.397. The lowest BCUT2D eigenvalue weighted by molar-refractivity contribution is -0.172. The van der Waals surface area contributed by atoms with Gasteiger partial charge >= 0.3 is 6.18 Å². The minimum Gasteiger partial charge on any atom is -0.482 e. The summed E-state index contributed by atoms with van der Waals surface area (Å²) in [6, 6.07) is 5.53. The normalized spacial score (nSPS) is 21.0. The molecule has 0 bridgehead atoms. The molecule has 0 aromatic heterocycles. The molecule has 2 rings (SSSR count). The Labute approximate surface area is 197 Å². The third-order valence-corrected chi connectivity index (χ3v) is 5.74. The van der Waals surface area contributed by atoms with Crippen LogP contribution in [0.1, 0.15) is 26.2 Å². The number of hydrogen-bond donors (Lipinski definition) is 3. The highest BCUT2D eigenvalue weighted by Gasteiger charge is 2.44. The molecular weight excluding hydrogens is 544 g/mol. The van der Waals surface area contributed by atoms with Gasteiger partial charge < -0.3 is 25.2 Å². The van der Waals surface area contributed by atoms with Crippen molar-refractivity contribution in [1.82, 2.24) is 10.2 Å². The monoisotopic (exact) mass is 570 g/mol. The topological polar surface area (TPSA) is 99.1 Å². The highest BCUT2D eigenvalue weighted by molar-refractivity contribution is 14.1. The number of nitrogens with zero attached hydrogens (tertiary/aromatic N) is 1. The fourth-order valence-electron chi connectivity index (χ4n) is 3.41. The van der Waals surface area contributed by atoms with E-state index in [0.29, 0.717) is 20.6 Å². The number of carbonyl (C=O) groups is 2. The molecule has 1 aliphatic rings. The van der Waals surface area contributed by atoms with E-state index in [2.05, 4.69) is 5.32 Å².